The van der Waals surface area contributed by atoms with Gasteiger partial charge in [-0.2, -0.15) is 0 Å². The highest BCUT2D eigenvalue weighted by Crippen LogP contribution is 2.17. The molecule has 0 unspecified atom stereocenters. The molecule has 2 aromatic rings. The highest BCUT2D eigenvalue weighted by molar-refractivity contribution is 6.14. The van der Waals surface area contributed by atoms with Gasteiger partial charge in [-0.3, -0.25) is 43.6 Å². The lowest BCUT2D eigenvalue weighted by molar-refractivity contribution is -0.144. The number of carbonyl (C=O) groups is 7. The van der Waals surface area contributed by atoms with Gasteiger partial charge >= 0.3 is 18.0 Å². The van der Waals surface area contributed by atoms with Gasteiger partial charge in [0.1, 0.15) is 24.3 Å². The zero-order chi connectivity index (χ0) is 40.5. The van der Waals surface area contributed by atoms with Crippen LogP contribution in [0.15, 0.2) is 60.7 Å². The van der Waals surface area contributed by atoms with Gasteiger partial charge in [-0.05, 0) is 69.2 Å². The molecule has 14 nitrogen and oxygen atoms in total. The van der Waals surface area contributed by atoms with E-state index in [1.165, 1.54) is 28.7 Å². The Morgan fingerprint density at radius 2 is 0.839 bits per heavy atom. The third kappa shape index (κ3) is 16.6. The number of esters is 1. The first-order valence-electron chi connectivity index (χ1n) is 19.8. The minimum absolute atomic E-state index is 0.209. The molecule has 0 saturated carbocycles. The molecule has 2 aromatic carbocycles. The van der Waals surface area contributed by atoms with Crippen molar-refractivity contribution in [2.45, 2.75) is 103 Å². The molecule has 2 aliphatic rings. The molecule has 0 bridgehead atoms. The van der Waals surface area contributed by atoms with Crippen LogP contribution in [0.4, 0.5) is 9.59 Å². The van der Waals surface area contributed by atoms with Crippen molar-refractivity contribution in [2.75, 3.05) is 46.5 Å². The molecular weight excluding hydrogens is 720 g/mol. The normalized spacial score (nSPS) is 14.5. The lowest BCUT2D eigenvalue weighted by Gasteiger charge is -2.32. The van der Waals surface area contributed by atoms with Crippen LogP contribution in [0.5, 0.6) is 11.5 Å². The second-order valence-corrected chi connectivity index (χ2v) is 13.8. The molecule has 4 rings (SSSR count). The fraction of sp³-hybridized carbons (Fsp3) is 0.548. The van der Waals surface area contributed by atoms with Crippen LogP contribution < -0.4 is 9.47 Å². The molecular formula is C42H58N4O10. The van der Waals surface area contributed by atoms with E-state index in [4.69, 9.17) is 14.2 Å². The fourth-order valence-electron chi connectivity index (χ4n) is 6.06. The van der Waals surface area contributed by atoms with Crippen LogP contribution >= 0.6 is 0 Å². The maximum atomic E-state index is 12.6. The number of ether oxygens (including phenoxy) is 3. The standard InChI is InChI=1S/C24H34N2O6.C18H24N2O4/c1-20(27)31-17-11-4-2-9-15-25-22(28)19-23(29)26(24(25)30)16-10-3-5-12-18-32-21-13-7-6-8-14-21;1-19-16(21)14-17(22)20(18(19)23)12-8-3-2-4-9-13-24-15-10-6-5-7-11-15/h6-8,13-14H,2-5,9-12,15-19H2,1H3;5-7,10-11H,2-4,8-9,12-14H2,1H3. The topological polar surface area (TPSA) is 160 Å². The molecule has 2 saturated heterocycles. The number of imide groups is 4. The summed E-state index contributed by atoms with van der Waals surface area (Å²) in [5, 5.41) is 0. The van der Waals surface area contributed by atoms with E-state index in [1.54, 1.807) is 0 Å². The van der Waals surface area contributed by atoms with Gasteiger partial charge in [-0.15, -0.1) is 0 Å². The Balaban J connectivity index is 0.000000313. The summed E-state index contributed by atoms with van der Waals surface area (Å²) < 4.78 is 16.2. The predicted molar refractivity (Wildman–Crippen MR) is 208 cm³/mol. The maximum absolute atomic E-state index is 12.6. The van der Waals surface area contributed by atoms with Crippen molar-refractivity contribution in [3.8, 4) is 11.5 Å². The van der Waals surface area contributed by atoms with Gasteiger partial charge in [-0.1, -0.05) is 74.9 Å². The average molecular weight is 779 g/mol. The van der Waals surface area contributed by atoms with Crippen LogP contribution in [-0.4, -0.2) is 108 Å². The quantitative estimate of drug-likeness (QED) is 0.0633. The molecule has 2 aliphatic heterocycles. The number of nitrogens with zero attached hydrogens (tertiary/aromatic N) is 4. The van der Waals surface area contributed by atoms with E-state index in [-0.39, 0.29) is 24.7 Å². The molecule has 0 aliphatic carbocycles. The summed E-state index contributed by atoms with van der Waals surface area (Å²) in [6.45, 7) is 4.12. The van der Waals surface area contributed by atoms with E-state index in [0.717, 1.165) is 87.0 Å². The Hall–Kier alpha value is -5.27. The van der Waals surface area contributed by atoms with Gasteiger partial charge in [0.05, 0.1) is 19.8 Å². The predicted octanol–water partition coefficient (Wildman–Crippen LogP) is 6.76. The number of amides is 8. The van der Waals surface area contributed by atoms with Crippen molar-refractivity contribution in [2.24, 2.45) is 0 Å². The molecule has 0 spiro atoms. The summed E-state index contributed by atoms with van der Waals surface area (Å²) in [6.07, 6.45) is 10.8. The zero-order valence-corrected chi connectivity index (χ0v) is 33.0. The molecule has 56 heavy (non-hydrogen) atoms. The average Bonchev–Trinajstić information content (AvgIpc) is 3.18. The van der Waals surface area contributed by atoms with Gasteiger partial charge in [0.25, 0.3) is 0 Å². The summed E-state index contributed by atoms with van der Waals surface area (Å²) >= 11 is 0. The Morgan fingerprint density at radius 3 is 1.27 bits per heavy atom. The SMILES string of the molecule is CC(=O)OCCCCCCN1C(=O)CC(=O)N(CCCCCCOc2ccccc2)C1=O.CN1C(=O)CC(=O)N(CCCCCCCOc2ccccc2)C1=O. The largest absolute Gasteiger partial charge is 0.494 e. The van der Waals surface area contributed by atoms with Crippen LogP contribution in [0, 0.1) is 0 Å². The maximum Gasteiger partial charge on any atom is 0.333 e. The van der Waals surface area contributed by atoms with Gasteiger partial charge in [-0.25, -0.2) is 9.59 Å². The van der Waals surface area contributed by atoms with E-state index < -0.39 is 29.8 Å². The Labute approximate surface area is 330 Å². The molecule has 8 amide bonds. The van der Waals surface area contributed by atoms with Crippen molar-refractivity contribution in [1.29, 1.82) is 0 Å². The number of unbranched alkanes of at least 4 members (excludes halogenated alkanes) is 10. The Bertz CT molecular complexity index is 1560. The third-order valence-electron chi connectivity index (χ3n) is 9.27. The number of carbonyl (C=O) groups excluding carboxylic acids is 7. The molecule has 14 heteroatoms. The van der Waals surface area contributed by atoms with E-state index in [9.17, 15) is 33.6 Å². The molecule has 0 radical (unpaired) electrons. The van der Waals surface area contributed by atoms with Crippen LogP contribution in [0.3, 0.4) is 0 Å². The molecule has 2 fully saturated rings. The summed E-state index contributed by atoms with van der Waals surface area (Å²) in [5.74, 6) is -0.206. The van der Waals surface area contributed by atoms with Gasteiger partial charge in [0, 0.05) is 33.6 Å². The van der Waals surface area contributed by atoms with Crippen molar-refractivity contribution >= 4 is 41.7 Å². The number of hydrogen-bond acceptors (Lipinski definition) is 10. The number of urea groups is 2. The molecule has 0 N–H and O–H groups in total. The number of barbiturate groups is 2. The van der Waals surface area contributed by atoms with Gasteiger partial charge < -0.3 is 14.2 Å². The van der Waals surface area contributed by atoms with E-state index >= 15 is 0 Å². The molecule has 0 atom stereocenters. The zero-order valence-electron chi connectivity index (χ0n) is 33.0. The number of rotatable bonds is 24. The van der Waals surface area contributed by atoms with Crippen molar-refractivity contribution in [1.82, 2.24) is 19.6 Å². The highest BCUT2D eigenvalue weighted by atomic mass is 16.5. The summed E-state index contributed by atoms with van der Waals surface area (Å²) in [6, 6.07) is 18.4. The minimum atomic E-state index is -0.507. The minimum Gasteiger partial charge on any atom is -0.494 e. The summed E-state index contributed by atoms with van der Waals surface area (Å²) in [5.41, 5.74) is 0. The van der Waals surface area contributed by atoms with Crippen molar-refractivity contribution in [3.63, 3.8) is 0 Å². The lowest BCUT2D eigenvalue weighted by Crippen LogP contribution is -2.55. The van der Waals surface area contributed by atoms with Crippen LogP contribution in [0.2, 0.25) is 0 Å². The lowest BCUT2D eigenvalue weighted by atomic mass is 10.1. The number of para-hydroxylation sites is 2. The van der Waals surface area contributed by atoms with Crippen LogP contribution in [0.1, 0.15) is 103 Å². The van der Waals surface area contributed by atoms with Crippen molar-refractivity contribution in [3.05, 3.63) is 60.7 Å². The Kier molecular flexibility index (Phi) is 20.7. The summed E-state index contributed by atoms with van der Waals surface area (Å²) in [7, 11) is 1.41. The first kappa shape index (κ1) is 45.1. The summed E-state index contributed by atoms with van der Waals surface area (Å²) in [4.78, 5) is 87.3. The molecule has 0 aromatic heterocycles. The van der Waals surface area contributed by atoms with Gasteiger partial charge in [0.2, 0.25) is 23.6 Å². The monoisotopic (exact) mass is 778 g/mol. The van der Waals surface area contributed by atoms with E-state index in [1.807, 2.05) is 60.7 Å². The van der Waals surface area contributed by atoms with Crippen molar-refractivity contribution < 1.29 is 47.8 Å². The Morgan fingerprint density at radius 1 is 0.482 bits per heavy atom. The van der Waals surface area contributed by atoms with E-state index in [0.29, 0.717) is 52.3 Å². The second kappa shape index (κ2) is 25.7. The molecule has 306 valence electrons. The molecule has 2 heterocycles. The number of hydrogen-bond donors (Lipinski definition) is 0. The first-order chi connectivity index (χ1) is 27.1. The second-order valence-electron chi connectivity index (χ2n) is 13.8. The smallest absolute Gasteiger partial charge is 0.333 e. The first-order valence-corrected chi connectivity index (χ1v) is 19.8. The highest BCUT2D eigenvalue weighted by Gasteiger charge is 2.37. The van der Waals surface area contributed by atoms with Crippen LogP contribution in [-0.2, 0) is 28.7 Å². The van der Waals surface area contributed by atoms with E-state index in [2.05, 4.69) is 0 Å². The van der Waals surface area contributed by atoms with Gasteiger partial charge in [0.15, 0.2) is 0 Å². The number of benzene rings is 2. The third-order valence-corrected chi connectivity index (χ3v) is 9.27. The van der Waals surface area contributed by atoms with Crippen LogP contribution in [0.25, 0.3) is 0 Å². The fourth-order valence-corrected chi connectivity index (χ4v) is 6.06.